The van der Waals surface area contributed by atoms with E-state index in [-0.39, 0.29) is 23.6 Å². The van der Waals surface area contributed by atoms with Gasteiger partial charge in [0.05, 0.1) is 16.5 Å². The molecule has 0 aromatic heterocycles. The summed E-state index contributed by atoms with van der Waals surface area (Å²) in [4.78, 5) is 40.2. The molecule has 0 aliphatic carbocycles. The van der Waals surface area contributed by atoms with Crippen molar-refractivity contribution in [2.75, 3.05) is 27.2 Å². The first-order chi connectivity index (χ1) is 18.2. The molecule has 1 aliphatic rings. The van der Waals surface area contributed by atoms with Crippen LogP contribution in [0.3, 0.4) is 0 Å². The summed E-state index contributed by atoms with van der Waals surface area (Å²) in [7, 11) is 3.70. The van der Waals surface area contributed by atoms with Gasteiger partial charge in [0.1, 0.15) is 18.1 Å². The third kappa shape index (κ3) is 5.57. The van der Waals surface area contributed by atoms with Crippen molar-refractivity contribution in [3.63, 3.8) is 0 Å². The van der Waals surface area contributed by atoms with Gasteiger partial charge in [0.2, 0.25) is 0 Å². The standard InChI is InChI=1S/C29H29N3O6/c1-19-17-23(38-18-20-7-5-4-6-8-20)13-14-24(19)27(33)25-26(21-9-11-22(12-10-21)32(36)37)31(16-15-30(2)3)29(35)28(25)34/h4-14,17,26,33H,15-16,18H2,1-3H3/b27-25+/t26-/m1/s1. The minimum Gasteiger partial charge on any atom is -0.507 e. The third-order valence-electron chi connectivity index (χ3n) is 6.45. The van der Waals surface area contributed by atoms with Gasteiger partial charge < -0.3 is 19.6 Å². The van der Waals surface area contributed by atoms with Crippen LogP contribution >= 0.6 is 0 Å². The highest BCUT2D eigenvalue weighted by Crippen LogP contribution is 2.40. The number of nitro groups is 1. The molecule has 0 unspecified atom stereocenters. The Bertz CT molecular complexity index is 1380. The van der Waals surface area contributed by atoms with Crippen LogP contribution in [0.1, 0.15) is 28.3 Å². The highest BCUT2D eigenvalue weighted by Gasteiger charge is 2.46. The van der Waals surface area contributed by atoms with Crippen LogP contribution in [0.5, 0.6) is 5.75 Å². The molecule has 4 rings (SSSR count). The summed E-state index contributed by atoms with van der Waals surface area (Å²) >= 11 is 0. The van der Waals surface area contributed by atoms with Crippen LogP contribution in [0.4, 0.5) is 5.69 Å². The number of ether oxygens (including phenoxy) is 1. The Morgan fingerprint density at radius 1 is 1.05 bits per heavy atom. The van der Waals surface area contributed by atoms with Crippen LogP contribution in [0.2, 0.25) is 0 Å². The molecule has 1 amide bonds. The van der Waals surface area contributed by atoms with E-state index in [1.54, 1.807) is 25.1 Å². The molecule has 0 radical (unpaired) electrons. The molecule has 3 aromatic rings. The molecule has 1 aliphatic heterocycles. The molecule has 0 saturated carbocycles. The largest absolute Gasteiger partial charge is 0.507 e. The van der Waals surface area contributed by atoms with Gasteiger partial charge >= 0.3 is 0 Å². The molecule has 0 spiro atoms. The van der Waals surface area contributed by atoms with Crippen LogP contribution in [0.15, 0.2) is 78.4 Å². The van der Waals surface area contributed by atoms with Crippen LogP contribution in [0, 0.1) is 17.0 Å². The van der Waals surface area contributed by atoms with Crippen LogP contribution < -0.4 is 4.74 Å². The lowest BCUT2D eigenvalue weighted by molar-refractivity contribution is -0.384. The number of carbonyl (C=O) groups is 2. The van der Waals surface area contributed by atoms with Crippen molar-refractivity contribution in [3.05, 3.63) is 111 Å². The number of amides is 1. The Balaban J connectivity index is 1.71. The molecule has 1 N–H and O–H groups in total. The second-order valence-corrected chi connectivity index (χ2v) is 9.40. The van der Waals surface area contributed by atoms with Crippen molar-refractivity contribution in [1.82, 2.24) is 9.80 Å². The van der Waals surface area contributed by atoms with E-state index in [4.69, 9.17) is 4.74 Å². The molecule has 1 saturated heterocycles. The number of rotatable bonds is 9. The monoisotopic (exact) mass is 515 g/mol. The Morgan fingerprint density at radius 2 is 1.74 bits per heavy atom. The first kappa shape index (κ1) is 26.6. The number of aliphatic hydroxyl groups excluding tert-OH is 1. The summed E-state index contributed by atoms with van der Waals surface area (Å²) in [6, 6.07) is 19.6. The predicted octanol–water partition coefficient (Wildman–Crippen LogP) is 4.47. The highest BCUT2D eigenvalue weighted by molar-refractivity contribution is 6.46. The number of likely N-dealkylation sites (tertiary alicyclic amines) is 1. The van der Waals surface area contributed by atoms with Gasteiger partial charge in [-0.1, -0.05) is 30.3 Å². The van der Waals surface area contributed by atoms with Crippen LogP contribution in [0.25, 0.3) is 5.76 Å². The van der Waals surface area contributed by atoms with Gasteiger partial charge in [-0.3, -0.25) is 19.7 Å². The maximum atomic E-state index is 13.2. The smallest absolute Gasteiger partial charge is 0.295 e. The van der Waals surface area contributed by atoms with E-state index in [0.717, 1.165) is 5.56 Å². The lowest BCUT2D eigenvalue weighted by Gasteiger charge is -2.26. The molecule has 9 heteroatoms. The summed E-state index contributed by atoms with van der Waals surface area (Å²) in [6.07, 6.45) is 0. The van der Waals surface area contributed by atoms with E-state index >= 15 is 0 Å². The fraction of sp³-hybridized carbons (Fsp3) is 0.241. The number of non-ortho nitro benzene ring substituents is 1. The molecule has 38 heavy (non-hydrogen) atoms. The molecular formula is C29H29N3O6. The number of nitro benzene ring substituents is 1. The number of nitrogens with zero attached hydrogens (tertiary/aromatic N) is 3. The van der Waals surface area contributed by atoms with Crippen LogP contribution in [-0.2, 0) is 16.2 Å². The van der Waals surface area contributed by atoms with Gasteiger partial charge in [-0.15, -0.1) is 0 Å². The summed E-state index contributed by atoms with van der Waals surface area (Å²) in [5.41, 5.74) is 2.41. The fourth-order valence-corrected chi connectivity index (χ4v) is 4.42. The van der Waals surface area contributed by atoms with Crippen molar-refractivity contribution in [2.45, 2.75) is 19.6 Å². The molecule has 9 nitrogen and oxygen atoms in total. The Kier molecular flexibility index (Phi) is 7.87. The average molecular weight is 516 g/mol. The van der Waals surface area contributed by atoms with Gasteiger partial charge in [0.15, 0.2) is 0 Å². The van der Waals surface area contributed by atoms with E-state index in [9.17, 15) is 24.8 Å². The summed E-state index contributed by atoms with van der Waals surface area (Å²) in [6.45, 7) is 2.89. The predicted molar refractivity (Wildman–Crippen MR) is 143 cm³/mol. The molecule has 196 valence electrons. The molecular weight excluding hydrogens is 486 g/mol. The van der Waals surface area contributed by atoms with Crippen molar-refractivity contribution < 1.29 is 24.4 Å². The van der Waals surface area contributed by atoms with Gasteiger partial charge in [0.25, 0.3) is 17.4 Å². The number of hydrogen-bond donors (Lipinski definition) is 1. The highest BCUT2D eigenvalue weighted by atomic mass is 16.6. The first-order valence-corrected chi connectivity index (χ1v) is 12.1. The minimum atomic E-state index is -0.885. The molecule has 1 atom stereocenters. The molecule has 1 fully saturated rings. The number of aliphatic hydroxyl groups is 1. The lowest BCUT2D eigenvalue weighted by atomic mass is 9.93. The molecule has 3 aromatic carbocycles. The number of likely N-dealkylation sites (N-methyl/N-ethyl adjacent to an activating group) is 1. The number of benzene rings is 3. The van der Waals surface area contributed by atoms with Crippen molar-refractivity contribution >= 4 is 23.1 Å². The number of hydrogen-bond acceptors (Lipinski definition) is 7. The number of aryl methyl sites for hydroxylation is 1. The van der Waals surface area contributed by atoms with Gasteiger partial charge in [-0.05, 0) is 68.0 Å². The lowest BCUT2D eigenvalue weighted by Crippen LogP contribution is -2.35. The zero-order chi connectivity index (χ0) is 27.4. The number of ketones is 1. The molecule has 0 bridgehead atoms. The summed E-state index contributed by atoms with van der Waals surface area (Å²) in [5, 5.41) is 22.5. The second kappa shape index (κ2) is 11.3. The Labute approximate surface area is 220 Å². The summed E-state index contributed by atoms with van der Waals surface area (Å²) < 4.78 is 5.88. The van der Waals surface area contributed by atoms with Crippen molar-refractivity contribution in [1.29, 1.82) is 0 Å². The maximum absolute atomic E-state index is 13.2. The van der Waals surface area contributed by atoms with Gasteiger partial charge in [-0.25, -0.2) is 0 Å². The SMILES string of the molecule is Cc1cc(OCc2ccccc2)ccc1/C(O)=C1\C(=O)C(=O)N(CCN(C)C)[C@@H]1c1ccc([N+](=O)[O-])cc1. The second-order valence-electron chi connectivity index (χ2n) is 9.40. The minimum absolute atomic E-state index is 0.0522. The zero-order valence-electron chi connectivity index (χ0n) is 21.5. The van der Waals surface area contributed by atoms with Gasteiger partial charge in [-0.2, -0.15) is 0 Å². The normalized spacial score (nSPS) is 16.7. The average Bonchev–Trinajstić information content (AvgIpc) is 3.16. The fourth-order valence-electron chi connectivity index (χ4n) is 4.42. The zero-order valence-corrected chi connectivity index (χ0v) is 21.5. The maximum Gasteiger partial charge on any atom is 0.295 e. The van der Waals surface area contributed by atoms with E-state index < -0.39 is 22.7 Å². The Hall–Kier alpha value is -4.50. The quantitative estimate of drug-likeness (QED) is 0.147. The number of Topliss-reactive ketones (excluding diaryl/α,β-unsaturated/α-hetero) is 1. The third-order valence-corrected chi connectivity index (χ3v) is 6.45. The van der Waals surface area contributed by atoms with E-state index in [0.29, 0.717) is 35.6 Å². The van der Waals surface area contributed by atoms with E-state index in [2.05, 4.69) is 0 Å². The van der Waals surface area contributed by atoms with Crippen LogP contribution in [-0.4, -0.2) is 58.7 Å². The Morgan fingerprint density at radius 3 is 2.34 bits per heavy atom. The topological polar surface area (TPSA) is 113 Å². The van der Waals surface area contributed by atoms with E-state index in [1.165, 1.54) is 29.2 Å². The number of carbonyl (C=O) groups excluding carboxylic acids is 2. The van der Waals surface area contributed by atoms with E-state index in [1.807, 2.05) is 49.3 Å². The summed E-state index contributed by atoms with van der Waals surface area (Å²) in [5.74, 6) is -1.22. The van der Waals surface area contributed by atoms with Gasteiger partial charge in [0, 0.05) is 30.8 Å². The van der Waals surface area contributed by atoms with Crippen molar-refractivity contribution in [2.24, 2.45) is 0 Å². The van der Waals surface area contributed by atoms with Crippen molar-refractivity contribution in [3.8, 4) is 5.75 Å². The first-order valence-electron chi connectivity index (χ1n) is 12.1. The molecule has 1 heterocycles.